The molecule has 0 radical (unpaired) electrons. The molecule has 0 unspecified atom stereocenters. The molecule has 2 N–H and O–H groups in total. The van der Waals surface area contributed by atoms with Crippen LogP contribution in [0.2, 0.25) is 0 Å². The number of carbonyl (C=O) groups excluding carboxylic acids is 2. The van der Waals surface area contributed by atoms with E-state index >= 15 is 0 Å². The molecule has 4 nitrogen and oxygen atoms in total. The molecule has 0 saturated heterocycles. The van der Waals surface area contributed by atoms with E-state index in [0.29, 0.717) is 11.3 Å². The van der Waals surface area contributed by atoms with Crippen molar-refractivity contribution in [3.63, 3.8) is 0 Å². The van der Waals surface area contributed by atoms with Gasteiger partial charge in [-0.05, 0) is 25.1 Å². The van der Waals surface area contributed by atoms with Crippen LogP contribution in [0.15, 0.2) is 42.5 Å². The molecule has 0 bridgehead atoms. The van der Waals surface area contributed by atoms with Crippen LogP contribution in [0.4, 0.5) is 10.1 Å². The Balaban J connectivity index is 1.94. The molecule has 0 fully saturated rings. The summed E-state index contributed by atoms with van der Waals surface area (Å²) in [6.45, 7) is 1.89. The van der Waals surface area contributed by atoms with Crippen LogP contribution in [0.5, 0.6) is 0 Å². The zero-order valence-electron chi connectivity index (χ0n) is 11.9. The summed E-state index contributed by atoms with van der Waals surface area (Å²) in [5, 5.41) is 13.1. The number of hydrogen-bond acceptors (Lipinski definition) is 3. The lowest BCUT2D eigenvalue weighted by molar-refractivity contribution is -0.133. The predicted molar refractivity (Wildman–Crippen MR) is 79.1 cm³/mol. The topological polar surface area (TPSA) is 66.4 Å². The van der Waals surface area contributed by atoms with Gasteiger partial charge in [-0.1, -0.05) is 29.8 Å². The van der Waals surface area contributed by atoms with Crippen LogP contribution >= 0.6 is 0 Å². The second kappa shape index (κ2) is 5.03. The highest BCUT2D eigenvalue weighted by Crippen LogP contribution is 2.39. The summed E-state index contributed by atoms with van der Waals surface area (Å²) in [4.78, 5) is 24.4. The van der Waals surface area contributed by atoms with Gasteiger partial charge in [-0.15, -0.1) is 0 Å². The van der Waals surface area contributed by atoms with Gasteiger partial charge in [0.1, 0.15) is 5.82 Å². The average Bonchev–Trinajstić information content (AvgIpc) is 2.71. The minimum Gasteiger partial charge on any atom is -0.375 e. The van der Waals surface area contributed by atoms with Crippen molar-refractivity contribution in [1.29, 1.82) is 0 Å². The Morgan fingerprint density at radius 3 is 2.59 bits per heavy atom. The Morgan fingerprint density at radius 1 is 1.23 bits per heavy atom. The molecular formula is C17H14FNO3. The van der Waals surface area contributed by atoms with Gasteiger partial charge in [0.15, 0.2) is 11.4 Å². The molecule has 2 aromatic carbocycles. The molecule has 0 aromatic heterocycles. The van der Waals surface area contributed by atoms with Crippen molar-refractivity contribution in [3.8, 4) is 0 Å². The fourth-order valence-corrected chi connectivity index (χ4v) is 2.57. The van der Waals surface area contributed by atoms with Gasteiger partial charge in [0.25, 0.3) is 5.91 Å². The Morgan fingerprint density at radius 2 is 1.91 bits per heavy atom. The third-order valence-corrected chi connectivity index (χ3v) is 3.84. The summed E-state index contributed by atoms with van der Waals surface area (Å²) < 4.78 is 13.4. The molecule has 2 aromatic rings. The van der Waals surface area contributed by atoms with Gasteiger partial charge in [0.2, 0.25) is 0 Å². The molecule has 112 valence electrons. The number of rotatable bonds is 3. The van der Waals surface area contributed by atoms with E-state index in [-0.39, 0.29) is 11.3 Å². The van der Waals surface area contributed by atoms with Crippen LogP contribution in [0.3, 0.4) is 0 Å². The Bertz CT molecular complexity index is 770. The minimum absolute atomic E-state index is 0.0953. The van der Waals surface area contributed by atoms with Crippen LogP contribution in [0.1, 0.15) is 27.9 Å². The molecule has 0 spiro atoms. The summed E-state index contributed by atoms with van der Waals surface area (Å²) in [6, 6.07) is 10.5. The number of hydrogen-bond donors (Lipinski definition) is 2. The first-order chi connectivity index (χ1) is 10.4. The molecule has 1 aliphatic heterocycles. The van der Waals surface area contributed by atoms with Crippen LogP contribution in [0.25, 0.3) is 0 Å². The monoisotopic (exact) mass is 299 g/mol. The van der Waals surface area contributed by atoms with Crippen molar-refractivity contribution in [1.82, 2.24) is 0 Å². The van der Waals surface area contributed by atoms with Gasteiger partial charge in [-0.25, -0.2) is 4.39 Å². The van der Waals surface area contributed by atoms with Crippen LogP contribution in [-0.2, 0) is 10.4 Å². The highest BCUT2D eigenvalue weighted by Gasteiger charge is 2.47. The van der Waals surface area contributed by atoms with Crippen molar-refractivity contribution >= 4 is 17.4 Å². The Hall–Kier alpha value is -2.53. The molecule has 1 heterocycles. The van der Waals surface area contributed by atoms with Crippen LogP contribution in [-0.4, -0.2) is 16.8 Å². The van der Waals surface area contributed by atoms with Gasteiger partial charge in [0, 0.05) is 16.8 Å². The van der Waals surface area contributed by atoms with Crippen LogP contribution in [0, 0.1) is 12.7 Å². The highest BCUT2D eigenvalue weighted by atomic mass is 19.1. The van der Waals surface area contributed by atoms with Crippen LogP contribution < -0.4 is 5.32 Å². The minimum atomic E-state index is -2.04. The standard InChI is InChI=1S/C17H14FNO3/c1-10-2-4-11(5-3-10)15(20)9-17(22)13-8-12(18)6-7-14(13)19-16(17)21/h2-8,22H,9H2,1H3,(H,19,21)/t17-/m0/s1. The smallest absolute Gasteiger partial charge is 0.261 e. The number of aliphatic hydroxyl groups is 1. The number of Topliss-reactive ketones (excluding diaryl/α,β-unsaturated/α-hetero) is 1. The van der Waals surface area contributed by atoms with E-state index in [1.165, 1.54) is 12.1 Å². The van der Waals surface area contributed by atoms with Crippen molar-refractivity contribution in [3.05, 3.63) is 65.0 Å². The summed E-state index contributed by atoms with van der Waals surface area (Å²) in [5.74, 6) is -1.67. The second-order valence-corrected chi connectivity index (χ2v) is 5.47. The maximum absolute atomic E-state index is 13.4. The second-order valence-electron chi connectivity index (χ2n) is 5.47. The van der Waals surface area contributed by atoms with E-state index < -0.39 is 23.7 Å². The van der Waals surface area contributed by atoms with E-state index in [9.17, 15) is 19.1 Å². The van der Waals surface area contributed by atoms with Crippen molar-refractivity contribution in [2.75, 3.05) is 5.32 Å². The molecular weight excluding hydrogens is 285 g/mol. The summed E-state index contributed by atoms with van der Waals surface area (Å²) >= 11 is 0. The molecule has 5 heteroatoms. The third-order valence-electron chi connectivity index (χ3n) is 3.84. The summed E-state index contributed by atoms with van der Waals surface area (Å²) in [5.41, 5.74) is -0.221. The quantitative estimate of drug-likeness (QED) is 0.856. The number of fused-ring (bicyclic) bond motifs is 1. The first-order valence-electron chi connectivity index (χ1n) is 6.84. The SMILES string of the molecule is Cc1ccc(C(=O)C[C@@]2(O)C(=O)Nc3ccc(F)cc32)cc1. The molecule has 0 aliphatic carbocycles. The third kappa shape index (κ3) is 2.29. The normalized spacial score (nSPS) is 19.7. The lowest BCUT2D eigenvalue weighted by Gasteiger charge is -2.20. The maximum atomic E-state index is 13.4. The lowest BCUT2D eigenvalue weighted by Crippen LogP contribution is -2.36. The van der Waals surface area contributed by atoms with E-state index in [4.69, 9.17) is 0 Å². The maximum Gasteiger partial charge on any atom is 0.261 e. The number of aryl methyl sites for hydroxylation is 1. The number of ketones is 1. The van der Waals surface area contributed by atoms with Gasteiger partial charge < -0.3 is 10.4 Å². The zero-order chi connectivity index (χ0) is 15.9. The van der Waals surface area contributed by atoms with E-state index in [0.717, 1.165) is 11.6 Å². The van der Waals surface area contributed by atoms with Gasteiger partial charge >= 0.3 is 0 Å². The number of anilines is 1. The molecule has 0 saturated carbocycles. The zero-order valence-corrected chi connectivity index (χ0v) is 11.9. The number of carbonyl (C=O) groups is 2. The number of halogens is 1. The van der Waals surface area contributed by atoms with Gasteiger partial charge in [-0.3, -0.25) is 9.59 Å². The van der Waals surface area contributed by atoms with Gasteiger partial charge in [0.05, 0.1) is 6.42 Å². The first-order valence-corrected chi connectivity index (χ1v) is 6.84. The highest BCUT2D eigenvalue weighted by molar-refractivity contribution is 6.09. The van der Waals surface area contributed by atoms with Crippen molar-refractivity contribution in [2.24, 2.45) is 0 Å². The largest absolute Gasteiger partial charge is 0.375 e. The Kier molecular flexibility index (Phi) is 3.30. The number of benzene rings is 2. The fraction of sp³-hybridized carbons (Fsp3) is 0.176. The van der Waals surface area contributed by atoms with E-state index in [2.05, 4.69) is 5.32 Å². The van der Waals surface area contributed by atoms with E-state index in [1.807, 2.05) is 6.92 Å². The molecule has 1 aliphatic rings. The lowest BCUT2D eigenvalue weighted by atomic mass is 9.88. The number of nitrogens with one attached hydrogen (secondary N) is 1. The molecule has 22 heavy (non-hydrogen) atoms. The van der Waals surface area contributed by atoms with Gasteiger partial charge in [-0.2, -0.15) is 0 Å². The number of amides is 1. The first kappa shape index (κ1) is 14.4. The van der Waals surface area contributed by atoms with Crippen molar-refractivity contribution < 1.29 is 19.1 Å². The summed E-state index contributed by atoms with van der Waals surface area (Å²) in [7, 11) is 0. The summed E-state index contributed by atoms with van der Waals surface area (Å²) in [6.07, 6.45) is -0.432. The average molecular weight is 299 g/mol. The molecule has 1 amide bonds. The predicted octanol–water partition coefficient (Wildman–Crippen LogP) is 2.55. The Labute approximate surface area is 126 Å². The van der Waals surface area contributed by atoms with E-state index in [1.54, 1.807) is 24.3 Å². The molecule has 1 atom stereocenters. The van der Waals surface area contributed by atoms with Crippen molar-refractivity contribution in [2.45, 2.75) is 18.9 Å². The fourth-order valence-electron chi connectivity index (χ4n) is 2.57. The molecule has 3 rings (SSSR count).